The molecule has 2 aliphatic rings. The summed E-state index contributed by atoms with van der Waals surface area (Å²) in [5.41, 5.74) is 2.12. The summed E-state index contributed by atoms with van der Waals surface area (Å²) in [7, 11) is 4.96. The van der Waals surface area contributed by atoms with E-state index in [1.165, 1.54) is 11.4 Å². The van der Waals surface area contributed by atoms with Gasteiger partial charge in [0.25, 0.3) is 0 Å². The van der Waals surface area contributed by atoms with Gasteiger partial charge in [-0.2, -0.15) is 4.31 Å². The van der Waals surface area contributed by atoms with Crippen molar-refractivity contribution in [3.05, 3.63) is 53.7 Å². The molecule has 38 heavy (non-hydrogen) atoms. The number of hydrogen-bond acceptors (Lipinski definition) is 7. The van der Waals surface area contributed by atoms with Crippen molar-refractivity contribution < 1.29 is 27.8 Å². The maximum Gasteiger partial charge on any atom is 0.243 e. The zero-order valence-electron chi connectivity index (χ0n) is 22.3. The molecule has 3 aromatic rings. The number of aromatic nitrogens is 1. The molecular weight excluding hydrogens is 508 g/mol. The fourth-order valence-corrected chi connectivity index (χ4v) is 7.55. The van der Waals surface area contributed by atoms with E-state index in [-0.39, 0.29) is 37.0 Å². The van der Waals surface area contributed by atoms with E-state index in [9.17, 15) is 18.3 Å². The fourth-order valence-electron chi connectivity index (χ4n) is 5.94. The van der Waals surface area contributed by atoms with Crippen molar-refractivity contribution in [2.75, 3.05) is 61.1 Å². The van der Waals surface area contributed by atoms with Gasteiger partial charge in [0.05, 0.1) is 43.8 Å². The number of ether oxygens (including phenoxy) is 2. The number of methoxy groups -OCH3 is 2. The predicted molar refractivity (Wildman–Crippen MR) is 143 cm³/mol. The molecule has 2 aromatic carbocycles. The molecule has 0 aliphatic carbocycles. The summed E-state index contributed by atoms with van der Waals surface area (Å²) in [4.78, 5) is 17.1. The Morgan fingerprint density at radius 2 is 1.68 bits per heavy atom. The first-order valence-corrected chi connectivity index (χ1v) is 13.9. The summed E-state index contributed by atoms with van der Waals surface area (Å²) in [5.74, 6) is 1.17. The summed E-state index contributed by atoms with van der Waals surface area (Å²) in [6.45, 7) is 0.718. The minimum Gasteiger partial charge on any atom is -0.497 e. The molecular formula is C27H34N4O6S. The number of carbonyl (C=O) groups is 1. The molecule has 3 heterocycles. The van der Waals surface area contributed by atoms with Gasteiger partial charge in [0.1, 0.15) is 11.5 Å². The highest BCUT2D eigenvalue weighted by Crippen LogP contribution is 2.50. The van der Waals surface area contributed by atoms with Gasteiger partial charge in [-0.25, -0.2) is 8.42 Å². The zero-order valence-corrected chi connectivity index (χ0v) is 23.2. The van der Waals surface area contributed by atoms with E-state index in [1.54, 1.807) is 41.2 Å². The lowest BCUT2D eigenvalue weighted by molar-refractivity contribution is -0.138. The second-order valence-corrected chi connectivity index (χ2v) is 12.3. The molecule has 0 unspecified atom stereocenters. The Morgan fingerprint density at radius 1 is 1.05 bits per heavy atom. The highest BCUT2D eigenvalue weighted by molar-refractivity contribution is 7.89. The van der Waals surface area contributed by atoms with E-state index < -0.39 is 21.5 Å². The SMILES string of the molecule is COc1ccc(S(=O)(=O)N2CC3(CN(C(=O)CN(C)C)[C@@H](CO)c4c3c3ccc(OC)cc3n4C)C2)cc1. The molecule has 11 heteroatoms. The molecule has 1 aromatic heterocycles. The molecule has 0 radical (unpaired) electrons. The van der Waals surface area contributed by atoms with Gasteiger partial charge in [0.2, 0.25) is 15.9 Å². The van der Waals surface area contributed by atoms with Crippen LogP contribution in [0.5, 0.6) is 11.5 Å². The third-order valence-electron chi connectivity index (χ3n) is 7.75. The Morgan fingerprint density at radius 3 is 2.26 bits per heavy atom. The lowest BCUT2D eigenvalue weighted by atomic mass is 9.70. The van der Waals surface area contributed by atoms with Crippen LogP contribution in [0.2, 0.25) is 0 Å². The lowest BCUT2D eigenvalue weighted by Gasteiger charge is -2.55. The molecule has 0 bridgehead atoms. The first kappa shape index (κ1) is 26.5. The van der Waals surface area contributed by atoms with Crippen molar-refractivity contribution in [3.63, 3.8) is 0 Å². The van der Waals surface area contributed by atoms with Crippen LogP contribution in [-0.2, 0) is 27.3 Å². The average Bonchev–Trinajstić information content (AvgIpc) is 3.18. The lowest BCUT2D eigenvalue weighted by Crippen LogP contribution is -2.68. The first-order chi connectivity index (χ1) is 18.1. The second-order valence-electron chi connectivity index (χ2n) is 10.4. The highest BCUT2D eigenvalue weighted by atomic mass is 32.2. The van der Waals surface area contributed by atoms with Crippen LogP contribution >= 0.6 is 0 Å². The van der Waals surface area contributed by atoms with Crippen molar-refractivity contribution >= 4 is 26.8 Å². The van der Waals surface area contributed by atoms with Crippen LogP contribution in [0.4, 0.5) is 0 Å². The predicted octanol–water partition coefficient (Wildman–Crippen LogP) is 1.58. The van der Waals surface area contributed by atoms with E-state index >= 15 is 0 Å². The summed E-state index contributed by atoms with van der Waals surface area (Å²) in [6.07, 6.45) is 0. The van der Waals surface area contributed by atoms with Gasteiger partial charge in [0.15, 0.2) is 0 Å². The molecule has 1 saturated heterocycles. The van der Waals surface area contributed by atoms with Gasteiger partial charge in [-0.15, -0.1) is 0 Å². The van der Waals surface area contributed by atoms with Gasteiger partial charge in [0, 0.05) is 49.2 Å². The van der Waals surface area contributed by atoms with E-state index in [2.05, 4.69) is 0 Å². The summed E-state index contributed by atoms with van der Waals surface area (Å²) in [6, 6.07) is 11.6. The molecule has 1 amide bonds. The van der Waals surface area contributed by atoms with Crippen LogP contribution < -0.4 is 9.47 Å². The zero-order chi connectivity index (χ0) is 27.4. The van der Waals surface area contributed by atoms with Crippen LogP contribution in [0.1, 0.15) is 17.3 Å². The molecule has 1 spiro atoms. The van der Waals surface area contributed by atoms with Crippen molar-refractivity contribution in [2.24, 2.45) is 7.05 Å². The maximum atomic E-state index is 13.5. The van der Waals surface area contributed by atoms with E-state index in [1.807, 2.05) is 43.9 Å². The van der Waals surface area contributed by atoms with Gasteiger partial charge >= 0.3 is 0 Å². The van der Waals surface area contributed by atoms with Crippen molar-refractivity contribution in [3.8, 4) is 11.5 Å². The van der Waals surface area contributed by atoms with Crippen LogP contribution in [0.25, 0.3) is 10.9 Å². The summed E-state index contributed by atoms with van der Waals surface area (Å²) in [5, 5.41) is 11.5. The highest BCUT2D eigenvalue weighted by Gasteiger charge is 2.57. The molecule has 0 saturated carbocycles. The van der Waals surface area contributed by atoms with Gasteiger partial charge < -0.3 is 28.9 Å². The van der Waals surface area contributed by atoms with Gasteiger partial charge in [-0.3, -0.25) is 4.79 Å². The minimum atomic E-state index is -3.75. The maximum absolute atomic E-state index is 13.5. The minimum absolute atomic E-state index is 0.113. The number of rotatable bonds is 7. The van der Waals surface area contributed by atoms with E-state index in [0.29, 0.717) is 18.0 Å². The quantitative estimate of drug-likeness (QED) is 0.483. The molecule has 1 fully saturated rings. The number of hydrogen-bond donors (Lipinski definition) is 1. The number of aryl methyl sites for hydroxylation is 1. The fraction of sp³-hybridized carbons (Fsp3) is 0.444. The number of fused-ring (bicyclic) bond motifs is 4. The van der Waals surface area contributed by atoms with Crippen molar-refractivity contribution in [2.45, 2.75) is 16.4 Å². The Kier molecular flexibility index (Phi) is 6.67. The summed E-state index contributed by atoms with van der Waals surface area (Å²) < 4.78 is 41.1. The van der Waals surface area contributed by atoms with Crippen LogP contribution in [0.15, 0.2) is 47.4 Å². The Bertz CT molecular complexity index is 1480. The second kappa shape index (κ2) is 9.57. The van der Waals surface area contributed by atoms with Crippen molar-refractivity contribution in [1.82, 2.24) is 18.7 Å². The smallest absolute Gasteiger partial charge is 0.243 e. The van der Waals surface area contributed by atoms with Crippen LogP contribution in [0, 0.1) is 0 Å². The number of carbonyl (C=O) groups excluding carboxylic acids is 1. The normalized spacial score (nSPS) is 19.0. The molecule has 5 rings (SSSR count). The largest absolute Gasteiger partial charge is 0.497 e. The number of amides is 1. The summed E-state index contributed by atoms with van der Waals surface area (Å²) >= 11 is 0. The van der Waals surface area contributed by atoms with Gasteiger partial charge in [-0.1, -0.05) is 0 Å². The third kappa shape index (κ3) is 4.05. The molecule has 1 atom stereocenters. The molecule has 204 valence electrons. The monoisotopic (exact) mass is 542 g/mol. The number of benzene rings is 2. The van der Waals surface area contributed by atoms with E-state index in [4.69, 9.17) is 9.47 Å². The standard InChI is InChI=1S/C27H34N4O6S/c1-28(2)13-24(33)31-17-27(15-30(16-27)38(34,35)20-9-6-18(36-4)7-10-20)25-21-11-8-19(37-5)12-22(21)29(3)26(25)23(31)14-32/h6-12,23,32H,13-17H2,1-5H3/t23-/m0/s1. The van der Waals surface area contributed by atoms with Crippen molar-refractivity contribution in [1.29, 1.82) is 0 Å². The number of likely N-dealkylation sites (N-methyl/N-ethyl adjacent to an activating group) is 1. The number of nitrogens with zero attached hydrogens (tertiary/aromatic N) is 4. The molecule has 10 nitrogen and oxygen atoms in total. The Balaban J connectivity index is 1.61. The molecule has 1 N–H and O–H groups in total. The number of aliphatic hydroxyl groups is 1. The average molecular weight is 543 g/mol. The Labute approximate surface area is 223 Å². The number of sulfonamides is 1. The number of aliphatic hydroxyl groups excluding tert-OH is 1. The Hall–Kier alpha value is -3.12. The van der Waals surface area contributed by atoms with E-state index in [0.717, 1.165) is 22.2 Å². The first-order valence-electron chi connectivity index (χ1n) is 12.4. The third-order valence-corrected chi connectivity index (χ3v) is 9.55. The van der Waals surface area contributed by atoms with Gasteiger partial charge in [-0.05, 0) is 56.1 Å². The topological polar surface area (TPSA) is 105 Å². The van der Waals surface area contributed by atoms with Crippen LogP contribution in [0.3, 0.4) is 0 Å². The molecule has 2 aliphatic heterocycles. The van der Waals surface area contributed by atoms with Crippen LogP contribution in [-0.4, -0.2) is 99.2 Å².